The van der Waals surface area contributed by atoms with Crippen LogP contribution in [0.5, 0.6) is 0 Å². The van der Waals surface area contributed by atoms with Crippen LogP contribution in [0.25, 0.3) is 5.65 Å². The van der Waals surface area contributed by atoms with Gasteiger partial charge in [-0.1, -0.05) is 6.07 Å². The lowest BCUT2D eigenvalue weighted by molar-refractivity contribution is 0.765. The third-order valence-corrected chi connectivity index (χ3v) is 4.70. The molecule has 8 heteroatoms. The number of aliphatic imine (C=N–C) groups is 1. The number of aromatic nitrogens is 3. The summed E-state index contributed by atoms with van der Waals surface area (Å²) in [6, 6.07) is 9.96. The van der Waals surface area contributed by atoms with Crippen LogP contribution in [0.15, 0.2) is 45.3 Å². The Morgan fingerprint density at radius 3 is 2.86 bits per heavy atom. The SMILES string of the molecule is CN=C(NCc1ccc(Br)s1)NCc1nnc2ccccn12. The Kier molecular flexibility index (Phi) is 4.69. The standard InChI is InChI=1S/C14H15BrN6S/c1-16-14(17-8-10-5-6-11(15)22-10)18-9-13-20-19-12-4-2-3-7-21(12)13/h2-7H,8-9H2,1H3,(H2,16,17,18). The molecule has 0 aliphatic rings. The summed E-state index contributed by atoms with van der Waals surface area (Å²) in [5.74, 6) is 1.58. The van der Waals surface area contributed by atoms with Crippen molar-refractivity contribution in [3.05, 3.63) is 51.0 Å². The summed E-state index contributed by atoms with van der Waals surface area (Å²) in [6.07, 6.45) is 1.95. The Bertz CT molecular complexity index is 793. The number of rotatable bonds is 4. The van der Waals surface area contributed by atoms with E-state index in [-0.39, 0.29) is 0 Å². The Labute approximate surface area is 140 Å². The van der Waals surface area contributed by atoms with E-state index in [1.807, 2.05) is 34.9 Å². The van der Waals surface area contributed by atoms with E-state index in [1.165, 1.54) is 4.88 Å². The van der Waals surface area contributed by atoms with Crippen molar-refractivity contribution in [2.24, 2.45) is 4.99 Å². The minimum absolute atomic E-state index is 0.555. The zero-order valence-corrected chi connectivity index (χ0v) is 14.4. The molecule has 0 aromatic carbocycles. The van der Waals surface area contributed by atoms with Crippen molar-refractivity contribution in [3.63, 3.8) is 0 Å². The molecule has 0 saturated heterocycles. The van der Waals surface area contributed by atoms with Gasteiger partial charge < -0.3 is 10.6 Å². The number of thiophene rings is 1. The lowest BCUT2D eigenvalue weighted by atomic mass is 10.4. The number of guanidine groups is 1. The Morgan fingerprint density at radius 1 is 1.23 bits per heavy atom. The highest BCUT2D eigenvalue weighted by Gasteiger charge is 2.06. The highest BCUT2D eigenvalue weighted by atomic mass is 79.9. The van der Waals surface area contributed by atoms with Crippen LogP contribution in [0.2, 0.25) is 0 Å². The molecule has 114 valence electrons. The van der Waals surface area contributed by atoms with Gasteiger partial charge in [-0.05, 0) is 40.2 Å². The molecule has 0 radical (unpaired) electrons. The van der Waals surface area contributed by atoms with Crippen LogP contribution in [0.1, 0.15) is 10.7 Å². The maximum Gasteiger partial charge on any atom is 0.191 e. The van der Waals surface area contributed by atoms with Crippen LogP contribution in [-0.2, 0) is 13.1 Å². The van der Waals surface area contributed by atoms with Crippen molar-refractivity contribution >= 4 is 38.9 Å². The van der Waals surface area contributed by atoms with Gasteiger partial charge in [-0.3, -0.25) is 9.39 Å². The van der Waals surface area contributed by atoms with E-state index >= 15 is 0 Å². The van der Waals surface area contributed by atoms with E-state index in [0.717, 1.165) is 27.8 Å². The van der Waals surface area contributed by atoms with Crippen molar-refractivity contribution in [2.75, 3.05) is 7.05 Å². The Hall–Kier alpha value is -1.93. The van der Waals surface area contributed by atoms with Gasteiger partial charge in [0.1, 0.15) is 0 Å². The predicted octanol–water partition coefficient (Wildman–Crippen LogP) is 2.42. The summed E-state index contributed by atoms with van der Waals surface area (Å²) in [4.78, 5) is 5.46. The lowest BCUT2D eigenvalue weighted by Crippen LogP contribution is -2.36. The topological polar surface area (TPSA) is 66.6 Å². The number of pyridine rings is 1. The maximum atomic E-state index is 4.22. The van der Waals surface area contributed by atoms with E-state index in [9.17, 15) is 0 Å². The van der Waals surface area contributed by atoms with Gasteiger partial charge in [0.15, 0.2) is 17.4 Å². The number of halogens is 1. The van der Waals surface area contributed by atoms with Gasteiger partial charge in [0.05, 0.1) is 16.9 Å². The van der Waals surface area contributed by atoms with E-state index in [2.05, 4.69) is 47.8 Å². The molecule has 0 saturated carbocycles. The fourth-order valence-corrected chi connectivity index (χ4v) is 3.44. The van der Waals surface area contributed by atoms with Crippen LogP contribution >= 0.6 is 27.3 Å². The first-order valence-electron chi connectivity index (χ1n) is 6.73. The molecular weight excluding hydrogens is 364 g/mol. The fourth-order valence-electron chi connectivity index (χ4n) is 2.01. The molecule has 0 amide bonds. The number of hydrogen-bond donors (Lipinski definition) is 2. The number of nitrogens with zero attached hydrogens (tertiary/aromatic N) is 4. The van der Waals surface area contributed by atoms with E-state index in [1.54, 1.807) is 18.4 Å². The van der Waals surface area contributed by atoms with Gasteiger partial charge in [0, 0.05) is 18.1 Å². The summed E-state index contributed by atoms with van der Waals surface area (Å²) in [5, 5.41) is 14.8. The van der Waals surface area contributed by atoms with Crippen LogP contribution in [-0.4, -0.2) is 27.6 Å². The number of hydrogen-bond acceptors (Lipinski definition) is 4. The molecule has 22 heavy (non-hydrogen) atoms. The second kappa shape index (κ2) is 6.89. The first kappa shape index (κ1) is 15.0. The molecule has 3 rings (SSSR count). The van der Waals surface area contributed by atoms with Gasteiger partial charge in [-0.2, -0.15) is 0 Å². The highest BCUT2D eigenvalue weighted by molar-refractivity contribution is 9.11. The molecule has 0 aliphatic heterocycles. The molecule has 0 bridgehead atoms. The first-order chi connectivity index (χ1) is 10.8. The van der Waals surface area contributed by atoms with Crippen molar-refractivity contribution in [3.8, 4) is 0 Å². The average Bonchev–Trinajstić information content (AvgIpc) is 3.14. The molecule has 0 unspecified atom stereocenters. The second-order valence-corrected chi connectivity index (χ2v) is 7.08. The lowest BCUT2D eigenvalue weighted by Gasteiger charge is -2.10. The first-order valence-corrected chi connectivity index (χ1v) is 8.34. The maximum absolute atomic E-state index is 4.22. The van der Waals surface area contributed by atoms with Crippen molar-refractivity contribution in [2.45, 2.75) is 13.1 Å². The zero-order chi connectivity index (χ0) is 15.4. The molecular formula is C14H15BrN6S. The summed E-state index contributed by atoms with van der Waals surface area (Å²) >= 11 is 5.17. The number of nitrogens with one attached hydrogen (secondary N) is 2. The van der Waals surface area contributed by atoms with Gasteiger partial charge in [0.25, 0.3) is 0 Å². The average molecular weight is 379 g/mol. The van der Waals surface area contributed by atoms with Crippen LogP contribution in [0, 0.1) is 0 Å². The molecule has 3 aromatic rings. The second-order valence-electron chi connectivity index (χ2n) is 4.53. The fraction of sp³-hybridized carbons (Fsp3) is 0.214. The van der Waals surface area contributed by atoms with Gasteiger partial charge in [-0.25, -0.2) is 0 Å². The molecule has 3 aromatic heterocycles. The van der Waals surface area contributed by atoms with E-state index in [4.69, 9.17) is 0 Å². The van der Waals surface area contributed by atoms with Crippen LogP contribution in [0.4, 0.5) is 0 Å². The number of fused-ring (bicyclic) bond motifs is 1. The monoisotopic (exact) mass is 378 g/mol. The molecule has 0 spiro atoms. The van der Waals surface area contributed by atoms with Crippen molar-refractivity contribution in [1.82, 2.24) is 25.2 Å². The highest BCUT2D eigenvalue weighted by Crippen LogP contribution is 2.21. The molecule has 6 nitrogen and oxygen atoms in total. The Balaban J connectivity index is 1.59. The smallest absolute Gasteiger partial charge is 0.191 e. The molecule has 0 aliphatic carbocycles. The molecule has 0 atom stereocenters. The van der Waals surface area contributed by atoms with E-state index < -0.39 is 0 Å². The van der Waals surface area contributed by atoms with Gasteiger partial charge in [-0.15, -0.1) is 21.5 Å². The van der Waals surface area contributed by atoms with Crippen molar-refractivity contribution < 1.29 is 0 Å². The summed E-state index contributed by atoms with van der Waals surface area (Å²) in [5.41, 5.74) is 0.839. The summed E-state index contributed by atoms with van der Waals surface area (Å²) in [6.45, 7) is 1.29. The largest absolute Gasteiger partial charge is 0.352 e. The van der Waals surface area contributed by atoms with E-state index in [0.29, 0.717) is 6.54 Å². The third-order valence-electron chi connectivity index (χ3n) is 3.08. The Morgan fingerprint density at radius 2 is 2.09 bits per heavy atom. The van der Waals surface area contributed by atoms with Gasteiger partial charge >= 0.3 is 0 Å². The summed E-state index contributed by atoms with van der Waals surface area (Å²) < 4.78 is 3.08. The summed E-state index contributed by atoms with van der Waals surface area (Å²) in [7, 11) is 1.75. The molecule has 0 fully saturated rings. The predicted molar refractivity (Wildman–Crippen MR) is 92.0 cm³/mol. The quantitative estimate of drug-likeness (QED) is 0.540. The van der Waals surface area contributed by atoms with Gasteiger partial charge in [0.2, 0.25) is 0 Å². The molecule has 3 heterocycles. The van der Waals surface area contributed by atoms with Crippen LogP contribution in [0.3, 0.4) is 0 Å². The zero-order valence-electron chi connectivity index (χ0n) is 12.0. The van der Waals surface area contributed by atoms with Crippen molar-refractivity contribution in [1.29, 1.82) is 0 Å². The van der Waals surface area contributed by atoms with Crippen LogP contribution < -0.4 is 10.6 Å². The molecule has 2 N–H and O–H groups in total. The third kappa shape index (κ3) is 3.45. The normalized spacial score (nSPS) is 11.8. The minimum Gasteiger partial charge on any atom is -0.352 e. The minimum atomic E-state index is 0.555.